The Morgan fingerprint density at radius 1 is 1.40 bits per heavy atom. The van der Waals surface area contributed by atoms with Crippen molar-refractivity contribution in [3.8, 4) is 11.1 Å². The number of rotatable bonds is 2. The highest BCUT2D eigenvalue weighted by atomic mass is 15.3. The lowest BCUT2D eigenvalue weighted by molar-refractivity contribution is 0.660. The predicted octanol–water partition coefficient (Wildman–Crippen LogP) is 1.86. The molecule has 0 amide bonds. The third kappa shape index (κ3) is 1.83. The van der Waals surface area contributed by atoms with Crippen LogP contribution in [-0.2, 0) is 6.54 Å². The van der Waals surface area contributed by atoms with E-state index in [-0.39, 0.29) is 0 Å². The zero-order valence-electron chi connectivity index (χ0n) is 8.94. The van der Waals surface area contributed by atoms with E-state index in [1.54, 1.807) is 0 Å². The molecule has 0 aromatic carbocycles. The maximum Gasteiger partial charge on any atom is 0.123 e. The number of nitrogens with zero attached hydrogens (tertiary/aromatic N) is 3. The van der Waals surface area contributed by atoms with Gasteiger partial charge in [-0.3, -0.25) is 4.68 Å². The molecular weight excluding hydrogens is 188 g/mol. The normalized spacial score (nSPS) is 10.5. The lowest BCUT2D eigenvalue weighted by Crippen LogP contribution is -1.94. The van der Waals surface area contributed by atoms with Crippen molar-refractivity contribution in [2.75, 3.05) is 5.73 Å². The van der Waals surface area contributed by atoms with Gasteiger partial charge < -0.3 is 5.73 Å². The largest absolute Gasteiger partial charge is 0.384 e. The number of anilines is 1. The Bertz CT molecular complexity index is 473. The lowest BCUT2D eigenvalue weighted by Gasteiger charge is -2.02. The molecule has 2 heterocycles. The second kappa shape index (κ2) is 3.73. The summed E-state index contributed by atoms with van der Waals surface area (Å²) in [5.41, 5.74) is 8.71. The van der Waals surface area contributed by atoms with Gasteiger partial charge in [0.2, 0.25) is 0 Å². The van der Waals surface area contributed by atoms with E-state index in [0.717, 1.165) is 23.4 Å². The number of pyridine rings is 1. The van der Waals surface area contributed by atoms with Crippen molar-refractivity contribution in [2.24, 2.45) is 0 Å². The minimum absolute atomic E-state index is 0.555. The third-order valence-corrected chi connectivity index (χ3v) is 2.38. The molecule has 0 saturated heterocycles. The van der Waals surface area contributed by atoms with E-state index in [2.05, 4.69) is 17.0 Å². The molecule has 2 N–H and O–H groups in total. The van der Waals surface area contributed by atoms with Crippen LogP contribution >= 0.6 is 0 Å². The minimum Gasteiger partial charge on any atom is -0.384 e. The third-order valence-electron chi connectivity index (χ3n) is 2.38. The number of hydrogen-bond acceptors (Lipinski definition) is 3. The van der Waals surface area contributed by atoms with Gasteiger partial charge in [0.25, 0.3) is 0 Å². The van der Waals surface area contributed by atoms with Gasteiger partial charge in [-0.25, -0.2) is 4.98 Å². The molecule has 0 radical (unpaired) electrons. The van der Waals surface area contributed by atoms with E-state index in [9.17, 15) is 0 Å². The van der Waals surface area contributed by atoms with Gasteiger partial charge in [-0.05, 0) is 26.0 Å². The van der Waals surface area contributed by atoms with Gasteiger partial charge in [-0.1, -0.05) is 0 Å². The van der Waals surface area contributed by atoms with Crippen molar-refractivity contribution >= 4 is 5.82 Å². The highest BCUT2D eigenvalue weighted by Gasteiger charge is 2.05. The molecule has 0 bridgehead atoms. The van der Waals surface area contributed by atoms with Crippen molar-refractivity contribution in [3.05, 3.63) is 30.2 Å². The van der Waals surface area contributed by atoms with Crippen LogP contribution in [0.25, 0.3) is 11.1 Å². The lowest BCUT2D eigenvalue weighted by atomic mass is 10.1. The number of hydrogen-bond donors (Lipinski definition) is 1. The molecule has 2 aromatic heterocycles. The Morgan fingerprint density at radius 2 is 2.20 bits per heavy atom. The summed E-state index contributed by atoms with van der Waals surface area (Å²) in [4.78, 5) is 4.23. The van der Waals surface area contributed by atoms with Crippen molar-refractivity contribution < 1.29 is 0 Å². The maximum atomic E-state index is 5.61. The van der Waals surface area contributed by atoms with E-state index < -0.39 is 0 Å². The molecule has 0 fully saturated rings. The summed E-state index contributed by atoms with van der Waals surface area (Å²) in [5.74, 6) is 0.555. The molecule has 2 aromatic rings. The maximum absolute atomic E-state index is 5.61. The van der Waals surface area contributed by atoms with Crippen LogP contribution in [0.15, 0.2) is 24.5 Å². The van der Waals surface area contributed by atoms with Crippen molar-refractivity contribution in [1.29, 1.82) is 0 Å². The number of aromatic nitrogens is 3. The molecule has 0 aliphatic heterocycles. The fraction of sp³-hybridized carbons (Fsp3) is 0.273. The molecule has 78 valence electrons. The summed E-state index contributed by atoms with van der Waals surface area (Å²) in [7, 11) is 0. The summed E-state index contributed by atoms with van der Waals surface area (Å²) in [5, 5.41) is 4.23. The van der Waals surface area contributed by atoms with Crippen LogP contribution in [0.5, 0.6) is 0 Å². The molecule has 0 atom stereocenters. The summed E-state index contributed by atoms with van der Waals surface area (Å²) in [6.07, 6.45) is 3.86. The molecule has 4 heteroatoms. The zero-order valence-corrected chi connectivity index (χ0v) is 8.94. The quantitative estimate of drug-likeness (QED) is 0.808. The molecule has 0 saturated carbocycles. The first-order chi connectivity index (χ1) is 7.20. The van der Waals surface area contributed by atoms with Gasteiger partial charge in [-0.15, -0.1) is 0 Å². The van der Waals surface area contributed by atoms with E-state index in [4.69, 9.17) is 5.73 Å². The van der Waals surface area contributed by atoms with E-state index in [1.807, 2.05) is 36.1 Å². The molecular formula is C11H14N4. The van der Waals surface area contributed by atoms with Gasteiger partial charge in [0.15, 0.2) is 0 Å². The average Bonchev–Trinajstić information content (AvgIpc) is 2.66. The number of nitrogens with two attached hydrogens (primary N) is 1. The highest BCUT2D eigenvalue weighted by molar-refractivity contribution is 5.65. The first kappa shape index (κ1) is 9.71. The molecule has 15 heavy (non-hydrogen) atoms. The van der Waals surface area contributed by atoms with E-state index >= 15 is 0 Å². The Labute approximate surface area is 88.8 Å². The molecule has 2 rings (SSSR count). The fourth-order valence-corrected chi connectivity index (χ4v) is 1.56. The Kier molecular flexibility index (Phi) is 2.41. The monoisotopic (exact) mass is 202 g/mol. The second-order valence-electron chi connectivity index (χ2n) is 3.45. The summed E-state index contributed by atoms with van der Waals surface area (Å²) in [6.45, 7) is 4.89. The highest BCUT2D eigenvalue weighted by Crippen LogP contribution is 2.22. The number of nitrogen functional groups attached to an aromatic ring is 1. The van der Waals surface area contributed by atoms with Gasteiger partial charge in [0.1, 0.15) is 5.82 Å². The van der Waals surface area contributed by atoms with Gasteiger partial charge in [-0.2, -0.15) is 5.10 Å². The van der Waals surface area contributed by atoms with Crippen LogP contribution in [0.4, 0.5) is 5.82 Å². The van der Waals surface area contributed by atoms with Crippen molar-refractivity contribution in [1.82, 2.24) is 14.8 Å². The first-order valence-electron chi connectivity index (χ1n) is 4.96. The molecule has 4 nitrogen and oxygen atoms in total. The summed E-state index contributed by atoms with van der Waals surface area (Å²) < 4.78 is 1.89. The number of aryl methyl sites for hydroxylation is 2. The van der Waals surface area contributed by atoms with Crippen LogP contribution < -0.4 is 5.73 Å². The fourth-order valence-electron chi connectivity index (χ4n) is 1.56. The first-order valence-corrected chi connectivity index (χ1v) is 4.96. The van der Waals surface area contributed by atoms with Crippen molar-refractivity contribution in [3.63, 3.8) is 0 Å². The summed E-state index contributed by atoms with van der Waals surface area (Å²) >= 11 is 0. The molecule has 0 aliphatic carbocycles. The Balaban J connectivity index is 2.44. The summed E-state index contributed by atoms with van der Waals surface area (Å²) in [6, 6.07) is 3.79. The van der Waals surface area contributed by atoms with Crippen LogP contribution in [0.2, 0.25) is 0 Å². The zero-order chi connectivity index (χ0) is 10.8. The van der Waals surface area contributed by atoms with Gasteiger partial charge >= 0.3 is 0 Å². The SMILES string of the molecule is CCn1cc(-c2ccc(N)nc2C)cn1. The molecule has 0 unspecified atom stereocenters. The van der Waals surface area contributed by atoms with Crippen LogP contribution in [0.3, 0.4) is 0 Å². The van der Waals surface area contributed by atoms with Crippen LogP contribution in [-0.4, -0.2) is 14.8 Å². The molecule has 0 aliphatic rings. The minimum atomic E-state index is 0.555. The van der Waals surface area contributed by atoms with Crippen molar-refractivity contribution in [2.45, 2.75) is 20.4 Å². The smallest absolute Gasteiger partial charge is 0.123 e. The second-order valence-corrected chi connectivity index (χ2v) is 3.45. The van der Waals surface area contributed by atoms with Gasteiger partial charge in [0, 0.05) is 29.6 Å². The molecule has 0 spiro atoms. The standard InChI is InChI=1S/C11H14N4/c1-3-15-7-9(6-13-15)10-4-5-11(12)14-8(10)2/h4-7H,3H2,1-2H3,(H2,12,14). The average molecular weight is 202 g/mol. The topological polar surface area (TPSA) is 56.7 Å². The van der Waals surface area contributed by atoms with E-state index in [1.165, 1.54) is 0 Å². The van der Waals surface area contributed by atoms with Crippen LogP contribution in [0.1, 0.15) is 12.6 Å². The van der Waals surface area contributed by atoms with Gasteiger partial charge in [0.05, 0.1) is 6.20 Å². The Morgan fingerprint density at radius 3 is 2.80 bits per heavy atom. The predicted molar refractivity (Wildman–Crippen MR) is 60.3 cm³/mol. The Hall–Kier alpha value is -1.84. The van der Waals surface area contributed by atoms with E-state index in [0.29, 0.717) is 5.82 Å². The van der Waals surface area contributed by atoms with Crippen LogP contribution in [0, 0.1) is 6.92 Å².